The zero-order chi connectivity index (χ0) is 13.0. The van der Waals surface area contributed by atoms with Crippen LogP contribution in [0.3, 0.4) is 0 Å². The molecule has 4 heteroatoms. The number of hydrogen-bond acceptors (Lipinski definition) is 3. The molecule has 0 aromatic carbocycles. The van der Waals surface area contributed by atoms with Gasteiger partial charge in [0.2, 0.25) is 5.91 Å². The largest absolute Gasteiger partial charge is 0.378 e. The van der Waals surface area contributed by atoms with Crippen LogP contribution in [0.2, 0.25) is 0 Å². The molecule has 2 saturated carbocycles. The van der Waals surface area contributed by atoms with Crippen LogP contribution in [0.5, 0.6) is 0 Å². The predicted octanol–water partition coefficient (Wildman–Crippen LogP) is 1.44. The predicted molar refractivity (Wildman–Crippen MR) is 71.1 cm³/mol. The molecule has 0 radical (unpaired) electrons. The molecule has 0 aromatic rings. The second-order valence-corrected chi connectivity index (χ2v) is 5.64. The molecule has 0 spiro atoms. The van der Waals surface area contributed by atoms with Gasteiger partial charge in [0.15, 0.2) is 0 Å². The molecule has 2 fully saturated rings. The van der Waals surface area contributed by atoms with Gasteiger partial charge in [0.05, 0.1) is 6.10 Å². The van der Waals surface area contributed by atoms with Crippen LogP contribution in [-0.2, 0) is 9.53 Å². The molecule has 0 saturated heterocycles. The van der Waals surface area contributed by atoms with Crippen LogP contribution >= 0.6 is 0 Å². The standard InChI is InChI=1S/C14H26N2O2/c1-2-18-12-7-11(8-12)16-14(17)13-6-4-3-5-10(13)9-15/h10-13H,2-9,15H2,1H3,(H,16,17). The molecule has 18 heavy (non-hydrogen) atoms. The van der Waals surface area contributed by atoms with Crippen LogP contribution in [-0.4, -0.2) is 31.2 Å². The number of nitrogens with two attached hydrogens (primary N) is 1. The lowest BCUT2D eigenvalue weighted by Crippen LogP contribution is -2.51. The van der Waals surface area contributed by atoms with Gasteiger partial charge in [0.1, 0.15) is 0 Å². The van der Waals surface area contributed by atoms with Crippen molar-refractivity contribution >= 4 is 5.91 Å². The first-order valence-electron chi connectivity index (χ1n) is 7.36. The summed E-state index contributed by atoms with van der Waals surface area (Å²) in [6.45, 7) is 3.42. The minimum Gasteiger partial charge on any atom is -0.378 e. The normalized spacial score (nSPS) is 35.9. The maximum Gasteiger partial charge on any atom is 0.223 e. The highest BCUT2D eigenvalue weighted by Gasteiger charge is 2.35. The van der Waals surface area contributed by atoms with Crippen LogP contribution in [0, 0.1) is 11.8 Å². The third-order valence-electron chi connectivity index (χ3n) is 4.39. The van der Waals surface area contributed by atoms with Crippen LogP contribution in [0.1, 0.15) is 45.4 Å². The van der Waals surface area contributed by atoms with Gasteiger partial charge >= 0.3 is 0 Å². The van der Waals surface area contributed by atoms with Gasteiger partial charge in [-0.3, -0.25) is 4.79 Å². The molecule has 1 amide bonds. The smallest absolute Gasteiger partial charge is 0.223 e. The number of ether oxygens (including phenoxy) is 1. The minimum atomic E-state index is 0.148. The average Bonchev–Trinajstić information content (AvgIpc) is 2.36. The molecule has 2 atom stereocenters. The van der Waals surface area contributed by atoms with Crippen LogP contribution < -0.4 is 11.1 Å². The summed E-state index contributed by atoms with van der Waals surface area (Å²) in [4.78, 5) is 12.2. The first kappa shape index (κ1) is 13.8. The summed E-state index contributed by atoms with van der Waals surface area (Å²) >= 11 is 0. The van der Waals surface area contributed by atoms with Crippen LogP contribution in [0.4, 0.5) is 0 Å². The van der Waals surface area contributed by atoms with E-state index in [-0.39, 0.29) is 11.8 Å². The van der Waals surface area contributed by atoms with Crippen molar-refractivity contribution in [3.8, 4) is 0 Å². The van der Waals surface area contributed by atoms with Gasteiger partial charge in [-0.05, 0) is 45.1 Å². The maximum absolute atomic E-state index is 12.2. The number of nitrogens with one attached hydrogen (secondary N) is 1. The Bertz CT molecular complexity index is 277. The highest BCUT2D eigenvalue weighted by molar-refractivity contribution is 5.79. The average molecular weight is 254 g/mol. The van der Waals surface area contributed by atoms with E-state index in [0.717, 1.165) is 32.3 Å². The first-order chi connectivity index (χ1) is 8.74. The summed E-state index contributed by atoms with van der Waals surface area (Å²) in [5.41, 5.74) is 5.77. The Balaban J connectivity index is 1.74. The van der Waals surface area contributed by atoms with Gasteiger partial charge < -0.3 is 15.8 Å². The zero-order valence-electron chi connectivity index (χ0n) is 11.4. The Morgan fingerprint density at radius 2 is 2.06 bits per heavy atom. The second kappa shape index (κ2) is 6.53. The van der Waals surface area contributed by atoms with E-state index in [9.17, 15) is 4.79 Å². The summed E-state index contributed by atoms with van der Waals surface area (Å²) in [5, 5.41) is 3.16. The number of carbonyl (C=O) groups excluding carboxylic acids is 1. The van der Waals surface area contributed by atoms with Gasteiger partial charge in [0, 0.05) is 18.6 Å². The molecule has 0 heterocycles. The summed E-state index contributed by atoms with van der Waals surface area (Å²) in [5.74, 6) is 0.765. The lowest BCUT2D eigenvalue weighted by molar-refractivity contribution is -0.130. The monoisotopic (exact) mass is 254 g/mol. The zero-order valence-corrected chi connectivity index (χ0v) is 11.4. The Morgan fingerprint density at radius 3 is 2.72 bits per heavy atom. The molecule has 2 unspecified atom stereocenters. The molecule has 0 aliphatic heterocycles. The van der Waals surface area contributed by atoms with E-state index in [4.69, 9.17) is 10.5 Å². The van der Waals surface area contributed by atoms with E-state index in [1.807, 2.05) is 6.92 Å². The Labute approximate surface area is 110 Å². The van der Waals surface area contributed by atoms with Gasteiger partial charge in [0.25, 0.3) is 0 Å². The van der Waals surface area contributed by atoms with Crippen molar-refractivity contribution in [2.24, 2.45) is 17.6 Å². The fourth-order valence-electron chi connectivity index (χ4n) is 3.20. The SMILES string of the molecule is CCOC1CC(NC(=O)C2CCCCC2CN)C1. The Morgan fingerprint density at radius 1 is 1.33 bits per heavy atom. The highest BCUT2D eigenvalue weighted by atomic mass is 16.5. The first-order valence-corrected chi connectivity index (χ1v) is 7.36. The number of amides is 1. The van der Waals surface area contributed by atoms with Crippen molar-refractivity contribution in [1.29, 1.82) is 0 Å². The van der Waals surface area contributed by atoms with Crippen LogP contribution in [0.15, 0.2) is 0 Å². The molecule has 2 aliphatic carbocycles. The van der Waals surface area contributed by atoms with Crippen molar-refractivity contribution < 1.29 is 9.53 Å². The third kappa shape index (κ3) is 3.23. The van der Waals surface area contributed by atoms with Crippen molar-refractivity contribution in [2.75, 3.05) is 13.2 Å². The minimum absolute atomic E-state index is 0.148. The van der Waals surface area contributed by atoms with Crippen molar-refractivity contribution in [3.63, 3.8) is 0 Å². The summed E-state index contributed by atoms with van der Waals surface area (Å²) in [6, 6.07) is 0.328. The van der Waals surface area contributed by atoms with Crippen molar-refractivity contribution in [2.45, 2.75) is 57.6 Å². The van der Waals surface area contributed by atoms with Gasteiger partial charge in [-0.15, -0.1) is 0 Å². The van der Waals surface area contributed by atoms with Crippen LogP contribution in [0.25, 0.3) is 0 Å². The highest BCUT2D eigenvalue weighted by Crippen LogP contribution is 2.30. The molecule has 2 rings (SSSR count). The topological polar surface area (TPSA) is 64.3 Å². The van der Waals surface area contributed by atoms with Gasteiger partial charge in [-0.25, -0.2) is 0 Å². The Kier molecular flexibility index (Phi) is 5.01. The molecule has 0 bridgehead atoms. The van der Waals surface area contributed by atoms with E-state index >= 15 is 0 Å². The van der Waals surface area contributed by atoms with Crippen molar-refractivity contribution in [3.05, 3.63) is 0 Å². The van der Waals surface area contributed by atoms with E-state index in [0.29, 0.717) is 24.6 Å². The molecular weight excluding hydrogens is 228 g/mol. The fourth-order valence-corrected chi connectivity index (χ4v) is 3.20. The lowest BCUT2D eigenvalue weighted by Gasteiger charge is -2.37. The molecule has 104 valence electrons. The second-order valence-electron chi connectivity index (χ2n) is 5.64. The molecule has 3 N–H and O–H groups in total. The van der Waals surface area contributed by atoms with E-state index in [2.05, 4.69) is 5.32 Å². The molecular formula is C14H26N2O2. The quantitative estimate of drug-likeness (QED) is 0.780. The number of carbonyl (C=O) groups is 1. The van der Waals surface area contributed by atoms with Crippen molar-refractivity contribution in [1.82, 2.24) is 5.32 Å². The maximum atomic E-state index is 12.2. The molecule has 2 aliphatic rings. The van der Waals surface area contributed by atoms with Gasteiger partial charge in [-0.2, -0.15) is 0 Å². The fraction of sp³-hybridized carbons (Fsp3) is 0.929. The summed E-state index contributed by atoms with van der Waals surface area (Å²) < 4.78 is 5.51. The third-order valence-corrected chi connectivity index (χ3v) is 4.39. The Hall–Kier alpha value is -0.610. The van der Waals surface area contributed by atoms with E-state index in [1.54, 1.807) is 0 Å². The lowest BCUT2D eigenvalue weighted by atomic mass is 9.78. The summed E-state index contributed by atoms with van der Waals surface area (Å²) in [7, 11) is 0. The van der Waals surface area contributed by atoms with Gasteiger partial charge in [-0.1, -0.05) is 12.8 Å². The molecule has 0 aromatic heterocycles. The summed E-state index contributed by atoms with van der Waals surface area (Å²) in [6.07, 6.45) is 6.81. The molecule has 4 nitrogen and oxygen atoms in total. The van der Waals surface area contributed by atoms with E-state index in [1.165, 1.54) is 12.8 Å². The number of hydrogen-bond donors (Lipinski definition) is 2. The van der Waals surface area contributed by atoms with E-state index < -0.39 is 0 Å². The number of rotatable bonds is 5.